The molecule has 2 aromatic rings. The molecule has 0 unspecified atom stereocenters. The average molecular weight is 333 g/mol. The lowest BCUT2D eigenvalue weighted by atomic mass is 10.2. The Morgan fingerprint density at radius 1 is 1.29 bits per heavy atom. The van der Waals surface area contributed by atoms with Crippen LogP contribution in [0.5, 0.6) is 0 Å². The Labute approximate surface area is 137 Å². The van der Waals surface area contributed by atoms with Crippen molar-refractivity contribution in [3.8, 4) is 0 Å². The van der Waals surface area contributed by atoms with Crippen molar-refractivity contribution in [1.29, 1.82) is 0 Å². The number of aliphatic hydroxyl groups excluding tert-OH is 1. The fraction of sp³-hybridized carbons (Fsp3) is 0.467. The van der Waals surface area contributed by atoms with E-state index in [1.807, 2.05) is 4.90 Å². The minimum Gasteiger partial charge on any atom is -0.477 e. The van der Waals surface area contributed by atoms with Crippen molar-refractivity contribution in [3.05, 3.63) is 28.2 Å². The van der Waals surface area contributed by atoms with E-state index in [1.54, 1.807) is 7.05 Å². The van der Waals surface area contributed by atoms with Crippen LogP contribution in [0.2, 0.25) is 0 Å². The van der Waals surface area contributed by atoms with Gasteiger partial charge in [-0.25, -0.2) is 9.78 Å². The van der Waals surface area contributed by atoms with Gasteiger partial charge in [0.1, 0.15) is 11.2 Å². The number of aromatic carboxylic acids is 1. The van der Waals surface area contributed by atoms with Gasteiger partial charge in [-0.2, -0.15) is 4.98 Å². The molecule has 2 aromatic heterocycles. The van der Waals surface area contributed by atoms with Crippen LogP contribution in [-0.4, -0.2) is 74.9 Å². The maximum absolute atomic E-state index is 12.2. The first-order chi connectivity index (χ1) is 11.5. The van der Waals surface area contributed by atoms with Gasteiger partial charge in [0, 0.05) is 52.2 Å². The highest BCUT2D eigenvalue weighted by atomic mass is 16.4. The van der Waals surface area contributed by atoms with Gasteiger partial charge in [-0.3, -0.25) is 9.69 Å². The molecule has 3 rings (SSSR count). The van der Waals surface area contributed by atoms with Crippen LogP contribution < -0.4 is 10.3 Å². The van der Waals surface area contributed by atoms with Crippen LogP contribution in [-0.2, 0) is 7.05 Å². The zero-order valence-electron chi connectivity index (χ0n) is 13.3. The van der Waals surface area contributed by atoms with Crippen molar-refractivity contribution in [2.24, 2.45) is 7.05 Å². The molecule has 0 radical (unpaired) electrons. The number of aryl methyl sites for hydroxylation is 1. The van der Waals surface area contributed by atoms with Crippen LogP contribution in [0, 0.1) is 0 Å². The summed E-state index contributed by atoms with van der Waals surface area (Å²) in [6.45, 7) is 3.86. The number of hydrogen-bond donors (Lipinski definition) is 2. The third-order valence-corrected chi connectivity index (χ3v) is 4.20. The van der Waals surface area contributed by atoms with E-state index in [4.69, 9.17) is 10.2 Å². The minimum atomic E-state index is -1.26. The van der Waals surface area contributed by atoms with Crippen molar-refractivity contribution in [1.82, 2.24) is 19.4 Å². The summed E-state index contributed by atoms with van der Waals surface area (Å²) in [5.41, 5.74) is -0.457. The van der Waals surface area contributed by atoms with E-state index in [0.29, 0.717) is 18.1 Å². The van der Waals surface area contributed by atoms with Gasteiger partial charge in [0.2, 0.25) is 11.4 Å². The maximum atomic E-state index is 12.2. The highest BCUT2D eigenvalue weighted by molar-refractivity contribution is 5.91. The van der Waals surface area contributed by atoms with Crippen LogP contribution >= 0.6 is 0 Å². The Bertz CT molecular complexity index is 826. The number of aliphatic hydroxyl groups is 1. The summed E-state index contributed by atoms with van der Waals surface area (Å²) >= 11 is 0. The third-order valence-electron chi connectivity index (χ3n) is 4.20. The lowest BCUT2D eigenvalue weighted by Gasteiger charge is -2.34. The molecule has 1 saturated heterocycles. The first-order valence-electron chi connectivity index (χ1n) is 7.69. The summed E-state index contributed by atoms with van der Waals surface area (Å²) in [5.74, 6) is -0.745. The topological polar surface area (TPSA) is 112 Å². The monoisotopic (exact) mass is 333 g/mol. The molecule has 0 amide bonds. The van der Waals surface area contributed by atoms with Gasteiger partial charge in [-0.15, -0.1) is 0 Å². The van der Waals surface area contributed by atoms with Gasteiger partial charge in [0.25, 0.3) is 0 Å². The predicted molar refractivity (Wildman–Crippen MR) is 87.5 cm³/mol. The summed E-state index contributed by atoms with van der Waals surface area (Å²) in [4.78, 5) is 36.2. The number of piperazine rings is 1. The quantitative estimate of drug-likeness (QED) is 0.743. The van der Waals surface area contributed by atoms with E-state index in [2.05, 4.69) is 14.9 Å². The average Bonchev–Trinajstić information content (AvgIpc) is 2.58. The van der Waals surface area contributed by atoms with Crippen LogP contribution in [0.4, 0.5) is 5.95 Å². The zero-order chi connectivity index (χ0) is 17.3. The van der Waals surface area contributed by atoms with Crippen LogP contribution in [0.1, 0.15) is 10.4 Å². The van der Waals surface area contributed by atoms with E-state index in [-0.39, 0.29) is 17.6 Å². The zero-order valence-corrected chi connectivity index (χ0v) is 13.3. The van der Waals surface area contributed by atoms with Crippen molar-refractivity contribution >= 4 is 23.0 Å². The molecule has 9 heteroatoms. The SMILES string of the molecule is Cn1cc(C(=O)O)c(=O)c2cnc(N3CCN(CCO)CC3)nc21. The van der Waals surface area contributed by atoms with E-state index < -0.39 is 11.4 Å². The number of β-amino-alcohol motifs (C(OH)–C–C–N with tert-alkyl or cyclic N) is 1. The van der Waals surface area contributed by atoms with E-state index in [0.717, 1.165) is 26.2 Å². The van der Waals surface area contributed by atoms with Gasteiger partial charge < -0.3 is 19.7 Å². The summed E-state index contributed by atoms with van der Waals surface area (Å²) in [6.07, 6.45) is 2.68. The minimum absolute atomic E-state index is 0.139. The van der Waals surface area contributed by atoms with Crippen molar-refractivity contribution in [2.45, 2.75) is 0 Å². The lowest BCUT2D eigenvalue weighted by Crippen LogP contribution is -2.47. The first kappa shape index (κ1) is 16.3. The van der Waals surface area contributed by atoms with Crippen LogP contribution in [0.15, 0.2) is 17.2 Å². The Morgan fingerprint density at radius 2 is 2.00 bits per heavy atom. The number of anilines is 1. The fourth-order valence-corrected chi connectivity index (χ4v) is 2.87. The second-order valence-corrected chi connectivity index (χ2v) is 5.75. The fourth-order valence-electron chi connectivity index (χ4n) is 2.87. The predicted octanol–water partition coefficient (Wildman–Crippen LogP) is -0.859. The molecular formula is C15H19N5O4. The van der Waals surface area contributed by atoms with E-state index >= 15 is 0 Å². The van der Waals surface area contributed by atoms with Gasteiger partial charge >= 0.3 is 5.97 Å². The molecule has 9 nitrogen and oxygen atoms in total. The molecule has 1 aliphatic rings. The van der Waals surface area contributed by atoms with Crippen molar-refractivity contribution in [2.75, 3.05) is 44.2 Å². The highest BCUT2D eigenvalue weighted by Crippen LogP contribution is 2.15. The van der Waals surface area contributed by atoms with Gasteiger partial charge in [0.05, 0.1) is 12.0 Å². The number of fused-ring (bicyclic) bond motifs is 1. The Morgan fingerprint density at radius 3 is 2.62 bits per heavy atom. The summed E-state index contributed by atoms with van der Waals surface area (Å²) < 4.78 is 1.54. The molecule has 0 spiro atoms. The molecule has 0 aliphatic carbocycles. The number of aromatic nitrogens is 3. The molecule has 0 bridgehead atoms. The number of carboxylic acid groups (broad SMARTS) is 1. The Kier molecular flexibility index (Phi) is 4.45. The highest BCUT2D eigenvalue weighted by Gasteiger charge is 2.20. The number of hydrogen-bond acceptors (Lipinski definition) is 7. The van der Waals surface area contributed by atoms with Crippen LogP contribution in [0.3, 0.4) is 0 Å². The van der Waals surface area contributed by atoms with Crippen molar-refractivity contribution in [3.63, 3.8) is 0 Å². The van der Waals surface area contributed by atoms with Crippen LogP contribution in [0.25, 0.3) is 11.0 Å². The summed E-state index contributed by atoms with van der Waals surface area (Å²) in [6, 6.07) is 0. The smallest absolute Gasteiger partial charge is 0.341 e. The molecule has 1 aliphatic heterocycles. The molecule has 0 atom stereocenters. The third kappa shape index (κ3) is 2.95. The number of rotatable bonds is 4. The lowest BCUT2D eigenvalue weighted by molar-refractivity contribution is 0.0695. The Hall–Kier alpha value is -2.52. The van der Waals surface area contributed by atoms with E-state index in [9.17, 15) is 9.59 Å². The second-order valence-electron chi connectivity index (χ2n) is 5.75. The standard InChI is InChI=1S/C15H19N5O4/c1-18-9-11(14(23)24)12(22)10-8-16-15(17-13(10)18)20-4-2-19(3-5-20)6-7-21/h8-9,21H,2-7H2,1H3,(H,23,24). The molecule has 24 heavy (non-hydrogen) atoms. The summed E-state index contributed by atoms with van der Waals surface area (Å²) in [7, 11) is 1.66. The normalized spacial score (nSPS) is 15.8. The molecule has 3 heterocycles. The molecule has 128 valence electrons. The summed E-state index contributed by atoms with van der Waals surface area (Å²) in [5, 5.41) is 18.3. The van der Waals surface area contributed by atoms with Gasteiger partial charge in [-0.05, 0) is 0 Å². The molecule has 0 aromatic carbocycles. The molecule has 2 N–H and O–H groups in total. The molecular weight excluding hydrogens is 314 g/mol. The number of carboxylic acids is 1. The van der Waals surface area contributed by atoms with E-state index in [1.165, 1.54) is 17.0 Å². The number of pyridine rings is 1. The second kappa shape index (κ2) is 6.54. The molecule has 0 saturated carbocycles. The van der Waals surface area contributed by atoms with Crippen molar-refractivity contribution < 1.29 is 15.0 Å². The Balaban J connectivity index is 1.93. The number of nitrogens with zero attached hydrogens (tertiary/aromatic N) is 5. The first-order valence-corrected chi connectivity index (χ1v) is 7.69. The number of carbonyl (C=O) groups is 1. The van der Waals surface area contributed by atoms with Gasteiger partial charge in [-0.1, -0.05) is 0 Å². The maximum Gasteiger partial charge on any atom is 0.341 e. The largest absolute Gasteiger partial charge is 0.477 e. The van der Waals surface area contributed by atoms with Gasteiger partial charge in [0.15, 0.2) is 0 Å². The molecule has 1 fully saturated rings.